The van der Waals surface area contributed by atoms with E-state index >= 15 is 0 Å². The van der Waals surface area contributed by atoms with Crippen LogP contribution in [0.1, 0.15) is 35.0 Å². The molecule has 0 amide bonds. The van der Waals surface area contributed by atoms with Crippen molar-refractivity contribution in [1.82, 2.24) is 19.9 Å². The quantitative estimate of drug-likeness (QED) is 0.600. The van der Waals surface area contributed by atoms with E-state index in [1.807, 2.05) is 43.3 Å². The first-order valence-corrected chi connectivity index (χ1v) is 9.89. The van der Waals surface area contributed by atoms with E-state index in [2.05, 4.69) is 24.8 Å². The molecule has 0 saturated carbocycles. The Morgan fingerprint density at radius 1 is 1.03 bits per heavy atom. The minimum atomic E-state index is -0.482. The van der Waals surface area contributed by atoms with E-state index in [4.69, 9.17) is 4.74 Å². The normalized spacial score (nSPS) is 13.9. The summed E-state index contributed by atoms with van der Waals surface area (Å²) in [4.78, 5) is 34.5. The number of hydrogen-bond donors (Lipinski definition) is 0. The molecule has 154 valence electrons. The molecule has 1 aliphatic rings. The predicted octanol–water partition coefficient (Wildman–Crippen LogP) is 3.04. The molecule has 30 heavy (non-hydrogen) atoms. The highest BCUT2D eigenvalue weighted by Gasteiger charge is 2.18. The van der Waals surface area contributed by atoms with Crippen molar-refractivity contribution in [2.45, 2.75) is 12.8 Å². The van der Waals surface area contributed by atoms with Crippen LogP contribution in [-0.4, -0.2) is 60.2 Å². The molecule has 0 spiro atoms. The lowest BCUT2D eigenvalue weighted by Crippen LogP contribution is -2.20. The van der Waals surface area contributed by atoms with Crippen LogP contribution in [0.4, 0.5) is 11.6 Å². The number of hydrogen-bond acceptors (Lipinski definition) is 8. The van der Waals surface area contributed by atoms with Crippen LogP contribution >= 0.6 is 0 Å². The number of aromatic nitrogens is 4. The van der Waals surface area contributed by atoms with Crippen LogP contribution in [0, 0.1) is 0 Å². The number of fused-ring (bicyclic) bond motifs is 1. The smallest absolute Gasteiger partial charge is 0.356 e. The van der Waals surface area contributed by atoms with E-state index in [9.17, 15) is 4.79 Å². The Hall–Kier alpha value is -3.55. The molecule has 0 bridgehead atoms. The Morgan fingerprint density at radius 2 is 1.73 bits per heavy atom. The molecule has 3 aromatic rings. The van der Waals surface area contributed by atoms with Crippen LogP contribution in [0.5, 0.6) is 0 Å². The number of nitrogens with zero attached hydrogens (tertiary/aromatic N) is 6. The summed E-state index contributed by atoms with van der Waals surface area (Å²) in [5, 5.41) is 0.986. The highest BCUT2D eigenvalue weighted by molar-refractivity contribution is 5.90. The summed E-state index contributed by atoms with van der Waals surface area (Å²) in [6, 6.07) is 9.57. The van der Waals surface area contributed by atoms with Gasteiger partial charge in [-0.1, -0.05) is 12.1 Å². The molecule has 3 heterocycles. The Balaban J connectivity index is 1.72. The summed E-state index contributed by atoms with van der Waals surface area (Å²) in [7, 11) is 5.25. The third kappa shape index (κ3) is 4.07. The largest absolute Gasteiger partial charge is 0.464 e. The van der Waals surface area contributed by atoms with Crippen molar-refractivity contribution in [3.63, 3.8) is 0 Å². The molecule has 1 aliphatic heterocycles. The lowest BCUT2D eigenvalue weighted by Gasteiger charge is -2.17. The molecule has 1 fully saturated rings. The van der Waals surface area contributed by atoms with Crippen molar-refractivity contribution >= 4 is 40.7 Å². The fourth-order valence-corrected chi connectivity index (χ4v) is 3.49. The number of methoxy groups -OCH3 is 1. The number of anilines is 2. The van der Waals surface area contributed by atoms with E-state index in [0.717, 1.165) is 48.5 Å². The number of rotatable bonds is 5. The van der Waals surface area contributed by atoms with Crippen molar-refractivity contribution in [1.29, 1.82) is 0 Å². The SMILES string of the molecule is COC(=O)c1cc(N2CCCC2)nc(/C=C/c2nc(N(C)C)c3ccccc3n2)n1. The first-order valence-electron chi connectivity index (χ1n) is 9.89. The van der Waals surface area contributed by atoms with Crippen molar-refractivity contribution < 1.29 is 9.53 Å². The first-order chi connectivity index (χ1) is 14.5. The zero-order valence-corrected chi connectivity index (χ0v) is 17.4. The van der Waals surface area contributed by atoms with E-state index in [-0.39, 0.29) is 5.69 Å². The molecule has 8 heteroatoms. The predicted molar refractivity (Wildman–Crippen MR) is 118 cm³/mol. The highest BCUT2D eigenvalue weighted by Crippen LogP contribution is 2.23. The second-order valence-electron chi connectivity index (χ2n) is 7.31. The summed E-state index contributed by atoms with van der Waals surface area (Å²) < 4.78 is 4.86. The molecular formula is C22H24N6O2. The molecule has 1 saturated heterocycles. The maximum atomic E-state index is 12.1. The summed E-state index contributed by atoms with van der Waals surface area (Å²) in [6.07, 6.45) is 5.72. The minimum absolute atomic E-state index is 0.238. The lowest BCUT2D eigenvalue weighted by molar-refractivity contribution is 0.0593. The van der Waals surface area contributed by atoms with Crippen molar-refractivity contribution in [3.05, 3.63) is 47.7 Å². The Morgan fingerprint density at radius 3 is 2.43 bits per heavy atom. The molecule has 2 aromatic heterocycles. The topological polar surface area (TPSA) is 84.3 Å². The van der Waals surface area contributed by atoms with Crippen LogP contribution in [-0.2, 0) is 4.74 Å². The van der Waals surface area contributed by atoms with Gasteiger partial charge in [-0.25, -0.2) is 24.7 Å². The van der Waals surface area contributed by atoms with E-state index < -0.39 is 5.97 Å². The number of benzene rings is 1. The lowest BCUT2D eigenvalue weighted by atomic mass is 10.2. The van der Waals surface area contributed by atoms with Gasteiger partial charge in [-0.15, -0.1) is 0 Å². The number of carbonyl (C=O) groups is 1. The average molecular weight is 404 g/mol. The van der Waals surface area contributed by atoms with Crippen molar-refractivity contribution in [2.24, 2.45) is 0 Å². The van der Waals surface area contributed by atoms with Crippen molar-refractivity contribution in [2.75, 3.05) is 44.1 Å². The van der Waals surface area contributed by atoms with Gasteiger partial charge >= 0.3 is 5.97 Å². The van der Waals surface area contributed by atoms with E-state index in [0.29, 0.717) is 11.6 Å². The average Bonchev–Trinajstić information content (AvgIpc) is 3.31. The number of esters is 1. The second-order valence-corrected chi connectivity index (χ2v) is 7.31. The van der Waals surface area contributed by atoms with Crippen LogP contribution in [0.15, 0.2) is 30.3 Å². The van der Waals surface area contributed by atoms with Crippen LogP contribution < -0.4 is 9.80 Å². The Bertz CT molecular complexity index is 1110. The third-order valence-electron chi connectivity index (χ3n) is 4.96. The van der Waals surface area contributed by atoms with Gasteiger partial charge in [0, 0.05) is 38.6 Å². The molecule has 0 unspecified atom stereocenters. The Kier molecular flexibility index (Phi) is 5.56. The van der Waals surface area contributed by atoms with Gasteiger partial charge in [0.05, 0.1) is 12.6 Å². The second kappa shape index (κ2) is 8.44. The summed E-state index contributed by atoms with van der Waals surface area (Å²) in [5.74, 6) is 2.05. The minimum Gasteiger partial charge on any atom is -0.464 e. The Labute approximate surface area is 175 Å². The standard InChI is InChI=1S/C22H24N6O2/c1-27(2)21-15-8-4-5-9-16(15)23-19(26-21)11-10-18-24-17(22(29)30-3)14-20(25-18)28-12-6-7-13-28/h4-5,8-11,14H,6-7,12-13H2,1-3H3/b11-10+. The number of para-hydroxylation sites is 1. The van der Waals surface area contributed by atoms with Gasteiger partial charge in [-0.2, -0.15) is 0 Å². The van der Waals surface area contributed by atoms with Gasteiger partial charge in [0.1, 0.15) is 11.6 Å². The first kappa shape index (κ1) is 19.8. The van der Waals surface area contributed by atoms with Crippen LogP contribution in [0.25, 0.3) is 23.1 Å². The summed E-state index contributed by atoms with van der Waals surface area (Å²) >= 11 is 0. The zero-order valence-electron chi connectivity index (χ0n) is 17.4. The van der Waals surface area contributed by atoms with E-state index in [1.54, 1.807) is 18.2 Å². The number of carbonyl (C=O) groups excluding carboxylic acids is 1. The molecule has 0 aliphatic carbocycles. The van der Waals surface area contributed by atoms with Gasteiger partial charge in [0.15, 0.2) is 17.3 Å². The summed E-state index contributed by atoms with van der Waals surface area (Å²) in [5.41, 5.74) is 1.10. The van der Waals surface area contributed by atoms with Gasteiger partial charge in [0.25, 0.3) is 0 Å². The molecule has 0 radical (unpaired) electrons. The molecule has 0 atom stereocenters. The fraction of sp³-hybridized carbons (Fsp3) is 0.318. The van der Waals surface area contributed by atoms with E-state index in [1.165, 1.54) is 7.11 Å². The number of ether oxygens (including phenoxy) is 1. The molecule has 1 aromatic carbocycles. The van der Waals surface area contributed by atoms with Gasteiger partial charge in [-0.05, 0) is 37.1 Å². The summed E-state index contributed by atoms with van der Waals surface area (Å²) in [6.45, 7) is 1.83. The van der Waals surface area contributed by atoms with Crippen molar-refractivity contribution in [3.8, 4) is 0 Å². The van der Waals surface area contributed by atoms with Gasteiger partial charge < -0.3 is 14.5 Å². The van der Waals surface area contributed by atoms with Gasteiger partial charge in [0.2, 0.25) is 0 Å². The highest BCUT2D eigenvalue weighted by atomic mass is 16.5. The zero-order chi connectivity index (χ0) is 21.1. The molecular weight excluding hydrogens is 380 g/mol. The molecule has 0 N–H and O–H groups in total. The third-order valence-corrected chi connectivity index (χ3v) is 4.96. The maximum absolute atomic E-state index is 12.1. The van der Waals surface area contributed by atoms with Crippen LogP contribution in [0.2, 0.25) is 0 Å². The monoisotopic (exact) mass is 404 g/mol. The fourth-order valence-electron chi connectivity index (χ4n) is 3.49. The van der Waals surface area contributed by atoms with Gasteiger partial charge in [-0.3, -0.25) is 0 Å². The van der Waals surface area contributed by atoms with Crippen LogP contribution in [0.3, 0.4) is 0 Å². The maximum Gasteiger partial charge on any atom is 0.356 e. The molecule has 4 rings (SSSR count). The molecule has 8 nitrogen and oxygen atoms in total.